The van der Waals surface area contributed by atoms with Gasteiger partial charge in [-0.25, -0.2) is 4.79 Å². The first kappa shape index (κ1) is 18.0. The van der Waals surface area contributed by atoms with Gasteiger partial charge in [-0.3, -0.25) is 4.90 Å². The summed E-state index contributed by atoms with van der Waals surface area (Å²) in [5.41, 5.74) is 2.32. The number of likely N-dealkylation sites (N-methyl/N-ethyl adjacent to an activating group) is 1. The van der Waals surface area contributed by atoms with E-state index in [0.717, 1.165) is 18.7 Å². The number of hydrogen-bond acceptors (Lipinski definition) is 2. The summed E-state index contributed by atoms with van der Waals surface area (Å²) in [5.74, 6) is 0. The Hall–Kier alpha value is -2.33. The van der Waals surface area contributed by atoms with Gasteiger partial charge in [0, 0.05) is 13.1 Å². The molecule has 1 unspecified atom stereocenters. The highest BCUT2D eigenvalue weighted by Crippen LogP contribution is 2.19. The van der Waals surface area contributed by atoms with E-state index in [9.17, 15) is 4.79 Å². The number of hydrogen-bond donors (Lipinski definition) is 2. The molecule has 2 aromatic rings. The number of nitrogens with zero attached hydrogens (tertiary/aromatic N) is 1. The molecule has 2 aromatic carbocycles. The highest BCUT2D eigenvalue weighted by Gasteiger charge is 2.18. The van der Waals surface area contributed by atoms with Gasteiger partial charge in [0.25, 0.3) is 0 Å². The van der Waals surface area contributed by atoms with Crippen molar-refractivity contribution in [2.24, 2.45) is 0 Å². The van der Waals surface area contributed by atoms with E-state index in [4.69, 9.17) is 0 Å². The molecule has 0 fully saturated rings. The first-order valence-corrected chi connectivity index (χ1v) is 8.59. The van der Waals surface area contributed by atoms with E-state index in [2.05, 4.69) is 41.5 Å². The molecule has 2 amide bonds. The molecule has 4 heteroatoms. The fourth-order valence-corrected chi connectivity index (χ4v) is 2.83. The number of nitrogens with one attached hydrogen (secondary N) is 2. The molecule has 0 aliphatic rings. The van der Waals surface area contributed by atoms with Gasteiger partial charge >= 0.3 is 6.03 Å². The van der Waals surface area contributed by atoms with Crippen LogP contribution in [0.25, 0.3) is 0 Å². The Kier molecular flexibility index (Phi) is 7.30. The smallest absolute Gasteiger partial charge is 0.315 e. The predicted octanol–water partition coefficient (Wildman–Crippen LogP) is 3.57. The lowest BCUT2D eigenvalue weighted by Crippen LogP contribution is -2.42. The topological polar surface area (TPSA) is 44.4 Å². The van der Waals surface area contributed by atoms with Crippen LogP contribution in [0.1, 0.15) is 31.0 Å². The van der Waals surface area contributed by atoms with Crippen molar-refractivity contribution >= 4 is 6.03 Å². The first-order chi connectivity index (χ1) is 11.7. The van der Waals surface area contributed by atoms with Crippen LogP contribution in [-0.2, 0) is 6.54 Å². The second kappa shape index (κ2) is 9.73. The van der Waals surface area contributed by atoms with Crippen molar-refractivity contribution < 1.29 is 4.79 Å². The zero-order chi connectivity index (χ0) is 17.2. The van der Waals surface area contributed by atoms with Gasteiger partial charge in [0.1, 0.15) is 0 Å². The lowest BCUT2D eigenvalue weighted by molar-refractivity contribution is 0.206. The molecule has 0 saturated heterocycles. The van der Waals surface area contributed by atoms with E-state index in [-0.39, 0.29) is 12.1 Å². The van der Waals surface area contributed by atoms with Crippen LogP contribution in [-0.4, -0.2) is 30.6 Å². The molecule has 0 radical (unpaired) electrons. The number of benzene rings is 2. The zero-order valence-corrected chi connectivity index (χ0v) is 14.5. The van der Waals surface area contributed by atoms with Crippen molar-refractivity contribution in [3.8, 4) is 0 Å². The van der Waals surface area contributed by atoms with Gasteiger partial charge in [0.2, 0.25) is 0 Å². The maximum atomic E-state index is 12.1. The molecule has 0 aliphatic carbocycles. The molecule has 1 atom stereocenters. The highest BCUT2D eigenvalue weighted by molar-refractivity contribution is 5.73. The third kappa shape index (κ3) is 5.39. The van der Waals surface area contributed by atoms with Crippen LogP contribution in [0.2, 0.25) is 0 Å². The zero-order valence-electron chi connectivity index (χ0n) is 14.5. The van der Waals surface area contributed by atoms with Crippen LogP contribution in [0.3, 0.4) is 0 Å². The summed E-state index contributed by atoms with van der Waals surface area (Å²) in [6.45, 7) is 7.32. The molecule has 4 nitrogen and oxygen atoms in total. The molecule has 2 rings (SSSR count). The molecule has 0 aromatic heterocycles. The van der Waals surface area contributed by atoms with Crippen molar-refractivity contribution in [3.63, 3.8) is 0 Å². The minimum atomic E-state index is -0.132. The van der Waals surface area contributed by atoms with Gasteiger partial charge in [-0.2, -0.15) is 0 Å². The van der Waals surface area contributed by atoms with E-state index in [1.54, 1.807) is 0 Å². The number of carbonyl (C=O) groups is 1. The van der Waals surface area contributed by atoms with Gasteiger partial charge in [-0.05, 0) is 24.2 Å². The Morgan fingerprint density at radius 2 is 1.50 bits per heavy atom. The molecule has 24 heavy (non-hydrogen) atoms. The average Bonchev–Trinajstić information content (AvgIpc) is 2.65. The molecule has 0 bridgehead atoms. The lowest BCUT2D eigenvalue weighted by Gasteiger charge is -2.30. The minimum Gasteiger partial charge on any atom is -0.336 e. The molecule has 0 spiro atoms. The van der Waals surface area contributed by atoms with E-state index < -0.39 is 0 Å². The van der Waals surface area contributed by atoms with Crippen molar-refractivity contribution in [3.05, 3.63) is 71.8 Å². The monoisotopic (exact) mass is 325 g/mol. The Bertz CT molecular complexity index is 597. The van der Waals surface area contributed by atoms with Gasteiger partial charge in [0.05, 0.1) is 6.04 Å². The fraction of sp³-hybridized carbons (Fsp3) is 0.350. The lowest BCUT2D eigenvalue weighted by atomic mass is 10.1. The van der Waals surface area contributed by atoms with E-state index in [0.29, 0.717) is 13.1 Å². The number of amides is 2. The summed E-state index contributed by atoms with van der Waals surface area (Å²) in [7, 11) is 0. The largest absolute Gasteiger partial charge is 0.336 e. The predicted molar refractivity (Wildman–Crippen MR) is 98.8 cm³/mol. The molecule has 2 N–H and O–H groups in total. The van der Waals surface area contributed by atoms with Crippen LogP contribution in [0, 0.1) is 0 Å². The molecule has 0 heterocycles. The highest BCUT2D eigenvalue weighted by atomic mass is 16.2. The summed E-state index contributed by atoms with van der Waals surface area (Å²) in [6, 6.07) is 20.3. The van der Waals surface area contributed by atoms with Crippen molar-refractivity contribution in [2.75, 3.05) is 19.6 Å². The van der Waals surface area contributed by atoms with Gasteiger partial charge in [-0.1, -0.05) is 74.5 Å². The number of rotatable bonds is 8. The van der Waals surface area contributed by atoms with E-state index in [1.807, 2.05) is 48.5 Å². The van der Waals surface area contributed by atoms with Crippen LogP contribution >= 0.6 is 0 Å². The van der Waals surface area contributed by atoms with Crippen LogP contribution in [0.5, 0.6) is 0 Å². The molecule has 128 valence electrons. The fourth-order valence-electron chi connectivity index (χ4n) is 2.83. The standard InChI is InChI=1S/C20H27N3O/c1-3-23(4-2)19(18-13-9-6-10-14-18)16-22-20(24)21-15-17-11-7-5-8-12-17/h5-14,19H,3-4,15-16H2,1-2H3,(H2,21,22,24). The Balaban J connectivity index is 1.91. The van der Waals surface area contributed by atoms with Crippen molar-refractivity contribution in [1.82, 2.24) is 15.5 Å². The van der Waals surface area contributed by atoms with Crippen LogP contribution in [0.15, 0.2) is 60.7 Å². The summed E-state index contributed by atoms with van der Waals surface area (Å²) >= 11 is 0. The van der Waals surface area contributed by atoms with Gasteiger partial charge < -0.3 is 10.6 Å². The van der Waals surface area contributed by atoms with Gasteiger partial charge in [-0.15, -0.1) is 0 Å². The van der Waals surface area contributed by atoms with Crippen molar-refractivity contribution in [1.29, 1.82) is 0 Å². The number of urea groups is 1. The van der Waals surface area contributed by atoms with Crippen LogP contribution < -0.4 is 10.6 Å². The molecular formula is C20H27N3O. The first-order valence-electron chi connectivity index (χ1n) is 8.59. The Morgan fingerprint density at radius 1 is 0.917 bits per heavy atom. The third-order valence-electron chi connectivity index (χ3n) is 4.19. The third-order valence-corrected chi connectivity index (χ3v) is 4.19. The van der Waals surface area contributed by atoms with E-state index >= 15 is 0 Å². The number of carbonyl (C=O) groups excluding carboxylic acids is 1. The second-order valence-corrected chi connectivity index (χ2v) is 5.70. The summed E-state index contributed by atoms with van der Waals surface area (Å²) in [6.07, 6.45) is 0. The van der Waals surface area contributed by atoms with Gasteiger partial charge in [0.15, 0.2) is 0 Å². The summed E-state index contributed by atoms with van der Waals surface area (Å²) in [4.78, 5) is 14.5. The Labute approximate surface area is 144 Å². The second-order valence-electron chi connectivity index (χ2n) is 5.70. The Morgan fingerprint density at radius 3 is 2.08 bits per heavy atom. The molecule has 0 saturated carbocycles. The average molecular weight is 325 g/mol. The normalized spacial score (nSPS) is 12.0. The summed E-state index contributed by atoms with van der Waals surface area (Å²) in [5, 5.41) is 5.92. The summed E-state index contributed by atoms with van der Waals surface area (Å²) < 4.78 is 0. The quantitative estimate of drug-likeness (QED) is 0.779. The minimum absolute atomic E-state index is 0.132. The molecule has 0 aliphatic heterocycles. The maximum absolute atomic E-state index is 12.1. The molecular weight excluding hydrogens is 298 g/mol. The van der Waals surface area contributed by atoms with Crippen molar-refractivity contribution in [2.45, 2.75) is 26.4 Å². The van der Waals surface area contributed by atoms with Crippen LogP contribution in [0.4, 0.5) is 4.79 Å². The van der Waals surface area contributed by atoms with E-state index in [1.165, 1.54) is 5.56 Å². The maximum Gasteiger partial charge on any atom is 0.315 e. The SMILES string of the molecule is CCN(CC)C(CNC(=O)NCc1ccccc1)c1ccccc1.